The topological polar surface area (TPSA) is 38.7 Å². The van der Waals surface area contributed by atoms with Gasteiger partial charge in [0.15, 0.2) is 11.5 Å². The summed E-state index contributed by atoms with van der Waals surface area (Å²) in [5, 5.41) is 0. The van der Waals surface area contributed by atoms with Crippen LogP contribution in [0.5, 0.6) is 11.5 Å². The van der Waals surface area contributed by atoms with Crippen molar-refractivity contribution in [2.75, 3.05) is 7.11 Å². The van der Waals surface area contributed by atoms with Crippen LogP contribution >= 0.6 is 33.8 Å². The molecule has 0 aliphatic rings. The van der Waals surface area contributed by atoms with E-state index in [4.69, 9.17) is 14.2 Å². The van der Waals surface area contributed by atoms with Gasteiger partial charge in [-0.05, 0) is 12.1 Å². The van der Waals surface area contributed by atoms with Crippen molar-refractivity contribution in [2.24, 2.45) is 0 Å². The summed E-state index contributed by atoms with van der Waals surface area (Å²) in [7, 11) is 1.01. The van der Waals surface area contributed by atoms with Crippen LogP contribution < -0.4 is 9.26 Å². The van der Waals surface area contributed by atoms with E-state index in [1.54, 1.807) is 19.2 Å². The SMILES string of the molecule is COc1ccccc1OPO.Cl.Cl. The first-order valence-corrected chi connectivity index (χ1v) is 3.93. The maximum absolute atomic E-state index is 8.49. The molecule has 0 bridgehead atoms. The first kappa shape index (κ1) is 15.3. The third kappa shape index (κ3) is 4.53. The van der Waals surface area contributed by atoms with E-state index >= 15 is 0 Å². The second kappa shape index (κ2) is 8.39. The fourth-order valence-corrected chi connectivity index (χ4v) is 1.02. The molecule has 0 amide bonds. The van der Waals surface area contributed by atoms with Crippen LogP contribution in [0.4, 0.5) is 0 Å². The smallest absolute Gasteiger partial charge is 0.212 e. The number of rotatable bonds is 3. The molecule has 0 aliphatic carbocycles. The van der Waals surface area contributed by atoms with Crippen molar-refractivity contribution in [3.63, 3.8) is 0 Å². The molecule has 0 heterocycles. The Morgan fingerprint density at radius 3 is 2.15 bits per heavy atom. The molecule has 1 N–H and O–H groups in total. The minimum Gasteiger partial charge on any atom is -0.493 e. The van der Waals surface area contributed by atoms with E-state index in [1.165, 1.54) is 0 Å². The summed E-state index contributed by atoms with van der Waals surface area (Å²) in [4.78, 5) is 8.49. The van der Waals surface area contributed by atoms with Crippen LogP contribution in [0.25, 0.3) is 0 Å². The summed E-state index contributed by atoms with van der Waals surface area (Å²) in [6.07, 6.45) is 0. The summed E-state index contributed by atoms with van der Waals surface area (Å²) in [5.74, 6) is 1.20. The van der Waals surface area contributed by atoms with Crippen LogP contribution in [0.3, 0.4) is 0 Å². The number of ether oxygens (including phenoxy) is 1. The number of hydrogen-bond donors (Lipinski definition) is 1. The summed E-state index contributed by atoms with van der Waals surface area (Å²) in [6, 6.07) is 7.17. The maximum atomic E-state index is 8.49. The van der Waals surface area contributed by atoms with Crippen LogP contribution in [-0.4, -0.2) is 12.0 Å². The quantitative estimate of drug-likeness (QED) is 0.831. The molecular weight excluding hydrogens is 234 g/mol. The molecule has 1 rings (SSSR count). The fourth-order valence-electron chi connectivity index (χ4n) is 0.752. The van der Waals surface area contributed by atoms with E-state index in [0.717, 1.165) is 0 Å². The van der Waals surface area contributed by atoms with Crippen LogP contribution in [0.15, 0.2) is 24.3 Å². The lowest BCUT2D eigenvalue weighted by molar-refractivity contribution is 0.393. The molecule has 0 aromatic heterocycles. The normalized spacial score (nSPS) is 8.77. The zero-order valence-corrected chi connectivity index (χ0v) is 9.52. The highest BCUT2D eigenvalue weighted by atomic mass is 35.5. The van der Waals surface area contributed by atoms with Gasteiger partial charge in [0.25, 0.3) is 0 Å². The van der Waals surface area contributed by atoms with E-state index in [2.05, 4.69) is 0 Å². The second-order valence-corrected chi connectivity index (χ2v) is 2.23. The van der Waals surface area contributed by atoms with Crippen molar-refractivity contribution >= 4 is 33.8 Å². The van der Waals surface area contributed by atoms with Crippen LogP contribution in [-0.2, 0) is 0 Å². The number of methoxy groups -OCH3 is 1. The van der Waals surface area contributed by atoms with Gasteiger partial charge < -0.3 is 14.2 Å². The van der Waals surface area contributed by atoms with Crippen molar-refractivity contribution in [3.05, 3.63) is 24.3 Å². The third-order valence-corrected chi connectivity index (χ3v) is 1.54. The van der Waals surface area contributed by atoms with Crippen molar-refractivity contribution < 1.29 is 14.2 Å². The molecule has 1 aromatic rings. The van der Waals surface area contributed by atoms with Crippen molar-refractivity contribution in [1.82, 2.24) is 0 Å². The van der Waals surface area contributed by atoms with Crippen LogP contribution in [0.1, 0.15) is 0 Å². The second-order valence-electron chi connectivity index (χ2n) is 1.84. The Kier molecular flexibility index (Phi) is 9.86. The van der Waals surface area contributed by atoms with E-state index in [9.17, 15) is 0 Å². The van der Waals surface area contributed by atoms with Gasteiger partial charge in [0.2, 0.25) is 9.03 Å². The van der Waals surface area contributed by atoms with E-state index in [1.807, 2.05) is 12.1 Å². The molecule has 0 saturated carbocycles. The van der Waals surface area contributed by atoms with Crippen LogP contribution in [0, 0.1) is 0 Å². The zero-order valence-electron chi connectivity index (χ0n) is 6.89. The van der Waals surface area contributed by atoms with Gasteiger partial charge in [-0.1, -0.05) is 12.1 Å². The highest BCUT2D eigenvalue weighted by Gasteiger charge is 1.99. The van der Waals surface area contributed by atoms with Crippen molar-refractivity contribution in [3.8, 4) is 11.5 Å². The lowest BCUT2D eigenvalue weighted by Crippen LogP contribution is -1.86. The van der Waals surface area contributed by atoms with Gasteiger partial charge in [0, 0.05) is 0 Å². The number of halogens is 2. The van der Waals surface area contributed by atoms with Gasteiger partial charge in [0.1, 0.15) is 0 Å². The summed E-state index contributed by atoms with van der Waals surface area (Å²) < 4.78 is 9.85. The molecule has 1 atom stereocenters. The molecule has 13 heavy (non-hydrogen) atoms. The summed E-state index contributed by atoms with van der Waals surface area (Å²) in [5.41, 5.74) is 0. The van der Waals surface area contributed by atoms with Gasteiger partial charge in [-0.25, -0.2) is 0 Å². The number of hydrogen-bond acceptors (Lipinski definition) is 3. The molecule has 1 unspecified atom stereocenters. The standard InChI is InChI=1S/C7H9O3P.2ClH/c1-9-6-4-2-3-5-7(6)10-11-8;;/h2-5,8,11H,1H3;2*1H. The Hall–Kier alpha value is -0.210. The molecule has 0 saturated heterocycles. The van der Waals surface area contributed by atoms with Gasteiger partial charge in [0.05, 0.1) is 7.11 Å². The molecule has 6 heteroatoms. The fraction of sp³-hybridized carbons (Fsp3) is 0.143. The third-order valence-electron chi connectivity index (χ3n) is 1.22. The Morgan fingerprint density at radius 1 is 1.15 bits per heavy atom. The largest absolute Gasteiger partial charge is 0.493 e. The van der Waals surface area contributed by atoms with Crippen molar-refractivity contribution in [1.29, 1.82) is 0 Å². The molecule has 0 fully saturated rings. The maximum Gasteiger partial charge on any atom is 0.212 e. The Labute approximate surface area is 91.2 Å². The van der Waals surface area contributed by atoms with Gasteiger partial charge >= 0.3 is 0 Å². The molecule has 76 valence electrons. The van der Waals surface area contributed by atoms with Crippen molar-refractivity contribution in [2.45, 2.75) is 0 Å². The Morgan fingerprint density at radius 2 is 1.69 bits per heavy atom. The monoisotopic (exact) mass is 244 g/mol. The molecule has 3 nitrogen and oxygen atoms in total. The minimum absolute atomic E-state index is 0. The van der Waals surface area contributed by atoms with E-state index in [-0.39, 0.29) is 24.8 Å². The average Bonchev–Trinajstić information content (AvgIpc) is 2.06. The zero-order chi connectivity index (χ0) is 8.10. The first-order chi connectivity index (χ1) is 5.38. The van der Waals surface area contributed by atoms with Gasteiger partial charge in [-0.3, -0.25) is 0 Å². The molecular formula is C7H11Cl2O3P. The van der Waals surface area contributed by atoms with Gasteiger partial charge in [-0.15, -0.1) is 24.8 Å². The first-order valence-electron chi connectivity index (χ1n) is 3.07. The Balaban J connectivity index is 0. The molecule has 0 spiro atoms. The summed E-state index contributed by atoms with van der Waals surface area (Å²) >= 11 is 0. The van der Waals surface area contributed by atoms with E-state index < -0.39 is 9.03 Å². The predicted octanol–water partition coefficient (Wildman–Crippen LogP) is 2.42. The number of benzene rings is 1. The Bertz CT molecular complexity index is 235. The highest BCUT2D eigenvalue weighted by molar-refractivity contribution is 7.25. The average molecular weight is 245 g/mol. The lowest BCUT2D eigenvalue weighted by atomic mass is 10.3. The van der Waals surface area contributed by atoms with Crippen LogP contribution in [0.2, 0.25) is 0 Å². The highest BCUT2D eigenvalue weighted by Crippen LogP contribution is 2.29. The molecule has 1 aromatic carbocycles. The minimum atomic E-state index is -0.545. The lowest BCUT2D eigenvalue weighted by Gasteiger charge is -2.05. The summed E-state index contributed by atoms with van der Waals surface area (Å²) in [6.45, 7) is 0. The number of para-hydroxylation sites is 2. The molecule has 0 radical (unpaired) electrons. The molecule has 0 aliphatic heterocycles. The van der Waals surface area contributed by atoms with E-state index in [0.29, 0.717) is 11.5 Å². The predicted molar refractivity (Wildman–Crippen MR) is 58.7 cm³/mol. The van der Waals surface area contributed by atoms with Gasteiger partial charge in [-0.2, -0.15) is 0 Å².